The molecule has 3 rings (SSSR count). The minimum atomic E-state index is -0.218. The molecule has 24 heavy (non-hydrogen) atoms. The molecule has 128 valence electrons. The van der Waals surface area contributed by atoms with Crippen molar-refractivity contribution in [3.8, 4) is 0 Å². The van der Waals surface area contributed by atoms with Crippen molar-refractivity contribution < 1.29 is 9.59 Å². The highest BCUT2D eigenvalue weighted by Crippen LogP contribution is 2.17. The number of likely N-dealkylation sites (N-methyl/N-ethyl adjacent to an activating group) is 1. The number of H-pyrrole nitrogens is 1. The summed E-state index contributed by atoms with van der Waals surface area (Å²) in [5.41, 5.74) is 2.32. The van der Waals surface area contributed by atoms with E-state index >= 15 is 0 Å². The summed E-state index contributed by atoms with van der Waals surface area (Å²) in [4.78, 5) is 36.3. The van der Waals surface area contributed by atoms with Gasteiger partial charge in [0.15, 0.2) is 0 Å². The molecule has 1 saturated heterocycles. The molecule has 0 unspecified atom stereocenters. The molecule has 2 amide bonds. The van der Waals surface area contributed by atoms with Crippen molar-refractivity contribution in [2.24, 2.45) is 5.92 Å². The second kappa shape index (κ2) is 6.60. The van der Waals surface area contributed by atoms with Gasteiger partial charge in [-0.1, -0.05) is 0 Å². The van der Waals surface area contributed by atoms with Gasteiger partial charge in [-0.2, -0.15) is 0 Å². The first-order valence-electron chi connectivity index (χ1n) is 8.13. The molecule has 1 aromatic carbocycles. The van der Waals surface area contributed by atoms with Crippen LogP contribution in [0.5, 0.6) is 0 Å². The molecule has 1 aromatic heterocycles. The lowest BCUT2D eigenvalue weighted by Gasteiger charge is -2.23. The predicted molar refractivity (Wildman–Crippen MR) is 91.8 cm³/mol. The summed E-state index contributed by atoms with van der Waals surface area (Å²) in [6.45, 7) is 4.35. The van der Waals surface area contributed by atoms with Crippen LogP contribution in [0, 0.1) is 12.8 Å². The summed E-state index contributed by atoms with van der Waals surface area (Å²) in [7, 11) is 3.61. The Bertz CT molecular complexity index is 769. The normalized spacial score (nSPS) is 19.3. The lowest BCUT2D eigenvalue weighted by Crippen LogP contribution is -2.41. The van der Waals surface area contributed by atoms with Crippen LogP contribution in [-0.4, -0.2) is 71.9 Å². The monoisotopic (exact) mass is 329 g/mol. The molecule has 2 N–H and O–H groups in total. The van der Waals surface area contributed by atoms with Gasteiger partial charge in [-0.3, -0.25) is 9.59 Å². The maximum Gasteiger partial charge on any atom is 0.253 e. The largest absolute Gasteiger partial charge is 0.359 e. The van der Waals surface area contributed by atoms with E-state index in [1.807, 2.05) is 26.1 Å². The fraction of sp³-hybridized carbons (Fsp3) is 0.471. The third kappa shape index (κ3) is 3.26. The smallest absolute Gasteiger partial charge is 0.253 e. The lowest BCUT2D eigenvalue weighted by molar-refractivity contribution is -0.125. The van der Waals surface area contributed by atoms with Crippen molar-refractivity contribution >= 4 is 22.8 Å². The number of imidazole rings is 1. The lowest BCUT2D eigenvalue weighted by atomic mass is 10.1. The number of fused-ring (bicyclic) bond motifs is 1. The Balaban J connectivity index is 1.84. The highest BCUT2D eigenvalue weighted by Gasteiger charge is 2.29. The Morgan fingerprint density at radius 1 is 1.29 bits per heavy atom. The maximum atomic E-state index is 12.9. The van der Waals surface area contributed by atoms with Crippen LogP contribution in [0.2, 0.25) is 0 Å². The van der Waals surface area contributed by atoms with E-state index in [0.29, 0.717) is 25.2 Å². The van der Waals surface area contributed by atoms with E-state index in [0.717, 1.165) is 23.4 Å². The van der Waals surface area contributed by atoms with Crippen LogP contribution in [0.15, 0.2) is 18.2 Å². The Hall–Kier alpha value is -2.41. The average molecular weight is 329 g/mol. The number of hydrogen-bond acceptors (Lipinski definition) is 4. The van der Waals surface area contributed by atoms with Gasteiger partial charge < -0.3 is 20.1 Å². The maximum absolute atomic E-state index is 12.9. The second-order valence-corrected chi connectivity index (χ2v) is 6.38. The van der Waals surface area contributed by atoms with Gasteiger partial charge in [0, 0.05) is 38.8 Å². The highest BCUT2D eigenvalue weighted by molar-refractivity contribution is 5.97. The second-order valence-electron chi connectivity index (χ2n) is 6.38. The number of rotatable bonds is 2. The Morgan fingerprint density at radius 2 is 2.08 bits per heavy atom. The minimum absolute atomic E-state index is 0.0267. The van der Waals surface area contributed by atoms with Crippen LogP contribution in [-0.2, 0) is 4.79 Å². The van der Waals surface area contributed by atoms with Crippen LogP contribution < -0.4 is 5.32 Å². The van der Waals surface area contributed by atoms with Crippen LogP contribution in [0.3, 0.4) is 0 Å². The molecule has 1 aliphatic rings. The molecule has 1 atom stereocenters. The summed E-state index contributed by atoms with van der Waals surface area (Å²) in [5.74, 6) is 0.532. The van der Waals surface area contributed by atoms with Crippen molar-refractivity contribution in [3.63, 3.8) is 0 Å². The zero-order valence-corrected chi connectivity index (χ0v) is 14.3. The van der Waals surface area contributed by atoms with Gasteiger partial charge in [0.1, 0.15) is 5.82 Å². The standard InChI is InChI=1S/C17H23N5O2/c1-11-19-14-5-4-12(8-15(14)20-11)17(24)22-7-6-21(3)9-13(10-22)16(23)18-2/h4-5,8,13H,6-7,9-10H2,1-3H3,(H,18,23)(H,19,20)/t13-/m0/s1. The Morgan fingerprint density at radius 3 is 2.83 bits per heavy atom. The van der Waals surface area contributed by atoms with Gasteiger partial charge in [0.05, 0.1) is 17.0 Å². The highest BCUT2D eigenvalue weighted by atomic mass is 16.2. The van der Waals surface area contributed by atoms with Crippen LogP contribution in [0.4, 0.5) is 0 Å². The van der Waals surface area contributed by atoms with Gasteiger partial charge in [0.2, 0.25) is 5.91 Å². The number of hydrogen-bond donors (Lipinski definition) is 2. The number of nitrogens with one attached hydrogen (secondary N) is 2. The molecule has 0 spiro atoms. The zero-order chi connectivity index (χ0) is 17.3. The number of benzene rings is 1. The summed E-state index contributed by atoms with van der Waals surface area (Å²) in [6, 6.07) is 5.49. The molecule has 2 heterocycles. The van der Waals surface area contributed by atoms with Gasteiger partial charge in [-0.25, -0.2) is 4.98 Å². The molecule has 1 fully saturated rings. The Labute approximate surface area is 141 Å². The van der Waals surface area contributed by atoms with Crippen molar-refractivity contribution in [1.82, 2.24) is 25.1 Å². The summed E-state index contributed by atoms with van der Waals surface area (Å²) in [6.07, 6.45) is 0. The fourth-order valence-electron chi connectivity index (χ4n) is 3.18. The first-order chi connectivity index (χ1) is 11.5. The van der Waals surface area contributed by atoms with E-state index in [-0.39, 0.29) is 17.7 Å². The zero-order valence-electron chi connectivity index (χ0n) is 14.3. The number of amides is 2. The SMILES string of the molecule is CNC(=O)[C@H]1CN(C)CCN(C(=O)c2ccc3nc(C)[nH]c3c2)C1. The molecule has 0 radical (unpaired) electrons. The first-order valence-corrected chi connectivity index (χ1v) is 8.13. The molecule has 0 bridgehead atoms. The predicted octanol–water partition coefficient (Wildman–Crippen LogP) is 0.621. The van der Waals surface area contributed by atoms with Gasteiger partial charge in [-0.05, 0) is 32.2 Å². The van der Waals surface area contributed by atoms with E-state index in [2.05, 4.69) is 20.2 Å². The van der Waals surface area contributed by atoms with Crippen molar-refractivity contribution in [2.75, 3.05) is 40.3 Å². The number of aromatic nitrogens is 2. The van der Waals surface area contributed by atoms with E-state index < -0.39 is 0 Å². The molecule has 1 aliphatic heterocycles. The molecule has 7 nitrogen and oxygen atoms in total. The van der Waals surface area contributed by atoms with Crippen molar-refractivity contribution in [2.45, 2.75) is 6.92 Å². The van der Waals surface area contributed by atoms with Crippen molar-refractivity contribution in [1.29, 1.82) is 0 Å². The number of aryl methyl sites for hydroxylation is 1. The Kier molecular flexibility index (Phi) is 4.53. The topological polar surface area (TPSA) is 81.3 Å². The number of carbonyl (C=O) groups excluding carboxylic acids is 2. The van der Waals surface area contributed by atoms with E-state index in [9.17, 15) is 9.59 Å². The summed E-state index contributed by atoms with van der Waals surface area (Å²) < 4.78 is 0. The van der Waals surface area contributed by atoms with Gasteiger partial charge in [0.25, 0.3) is 5.91 Å². The molecule has 7 heteroatoms. The van der Waals surface area contributed by atoms with E-state index in [1.165, 1.54) is 0 Å². The van der Waals surface area contributed by atoms with Crippen LogP contribution in [0.1, 0.15) is 16.2 Å². The van der Waals surface area contributed by atoms with E-state index in [1.54, 1.807) is 18.0 Å². The third-order valence-electron chi connectivity index (χ3n) is 4.48. The quantitative estimate of drug-likeness (QED) is 0.846. The molecular formula is C17H23N5O2. The molecule has 2 aromatic rings. The van der Waals surface area contributed by atoms with Crippen LogP contribution in [0.25, 0.3) is 11.0 Å². The van der Waals surface area contributed by atoms with Gasteiger partial charge >= 0.3 is 0 Å². The van der Waals surface area contributed by atoms with Crippen molar-refractivity contribution in [3.05, 3.63) is 29.6 Å². The third-order valence-corrected chi connectivity index (χ3v) is 4.48. The fourth-order valence-corrected chi connectivity index (χ4v) is 3.18. The number of nitrogens with zero attached hydrogens (tertiary/aromatic N) is 3. The number of carbonyl (C=O) groups is 2. The minimum Gasteiger partial charge on any atom is -0.359 e. The summed E-state index contributed by atoms with van der Waals surface area (Å²) >= 11 is 0. The first kappa shape index (κ1) is 16.4. The van der Waals surface area contributed by atoms with Crippen LogP contribution >= 0.6 is 0 Å². The summed E-state index contributed by atoms with van der Waals surface area (Å²) in [5, 5.41) is 2.69. The van der Waals surface area contributed by atoms with Gasteiger partial charge in [-0.15, -0.1) is 0 Å². The molecule has 0 aliphatic carbocycles. The average Bonchev–Trinajstić information content (AvgIpc) is 2.83. The van der Waals surface area contributed by atoms with E-state index in [4.69, 9.17) is 0 Å². The molecule has 0 saturated carbocycles. The molecular weight excluding hydrogens is 306 g/mol. The number of aromatic amines is 1.